The first-order chi connectivity index (χ1) is 8.15. The first-order valence-electron chi connectivity index (χ1n) is 5.58. The average Bonchev–Trinajstić information content (AvgIpc) is 2.66. The highest BCUT2D eigenvalue weighted by Gasteiger charge is 2.33. The number of rotatable bonds is 1. The summed E-state index contributed by atoms with van der Waals surface area (Å²) < 4.78 is 5.75. The van der Waals surface area contributed by atoms with E-state index in [1.165, 1.54) is 6.07 Å². The molecule has 2 aliphatic rings. The van der Waals surface area contributed by atoms with E-state index in [1.807, 2.05) is 6.08 Å². The van der Waals surface area contributed by atoms with Crippen molar-refractivity contribution in [2.45, 2.75) is 25.0 Å². The standard InChI is InChI=1S/C12H12N2O3/c13-7-1-3-11-9(5-7)10-6-8(14(15)16)2-4-12(10)17-11/h2,4-7,11H,1,3,13H2. The van der Waals surface area contributed by atoms with E-state index in [-0.39, 0.29) is 17.8 Å². The molecule has 17 heavy (non-hydrogen) atoms. The van der Waals surface area contributed by atoms with Crippen molar-refractivity contribution < 1.29 is 9.66 Å². The molecule has 1 heterocycles. The van der Waals surface area contributed by atoms with E-state index in [0.29, 0.717) is 0 Å². The van der Waals surface area contributed by atoms with Gasteiger partial charge in [0.25, 0.3) is 5.69 Å². The zero-order chi connectivity index (χ0) is 12.0. The third kappa shape index (κ3) is 1.59. The second kappa shape index (κ2) is 3.56. The number of ether oxygens (including phenoxy) is 1. The van der Waals surface area contributed by atoms with Gasteiger partial charge >= 0.3 is 0 Å². The molecule has 3 rings (SSSR count). The second-order valence-electron chi connectivity index (χ2n) is 4.41. The maximum atomic E-state index is 10.7. The Balaban J connectivity index is 2.09. The summed E-state index contributed by atoms with van der Waals surface area (Å²) in [6.45, 7) is 0. The van der Waals surface area contributed by atoms with Crippen molar-refractivity contribution in [2.75, 3.05) is 0 Å². The maximum Gasteiger partial charge on any atom is 0.270 e. The fourth-order valence-electron chi connectivity index (χ4n) is 2.42. The molecule has 0 amide bonds. The number of nitro benzene ring substituents is 1. The lowest BCUT2D eigenvalue weighted by Crippen LogP contribution is -2.27. The summed E-state index contributed by atoms with van der Waals surface area (Å²) in [4.78, 5) is 10.4. The Morgan fingerprint density at radius 2 is 2.24 bits per heavy atom. The molecule has 0 aromatic heterocycles. The zero-order valence-electron chi connectivity index (χ0n) is 9.13. The van der Waals surface area contributed by atoms with Gasteiger partial charge in [-0.25, -0.2) is 0 Å². The monoisotopic (exact) mass is 232 g/mol. The quantitative estimate of drug-likeness (QED) is 0.592. The summed E-state index contributed by atoms with van der Waals surface area (Å²) in [6, 6.07) is 4.73. The molecule has 2 unspecified atom stereocenters. The van der Waals surface area contributed by atoms with Crippen LogP contribution in [0.3, 0.4) is 0 Å². The predicted octanol–water partition coefficient (Wildman–Crippen LogP) is 1.86. The van der Waals surface area contributed by atoms with Gasteiger partial charge in [0, 0.05) is 29.3 Å². The molecule has 5 nitrogen and oxygen atoms in total. The van der Waals surface area contributed by atoms with E-state index < -0.39 is 4.92 Å². The van der Waals surface area contributed by atoms with Gasteiger partial charge in [0.15, 0.2) is 0 Å². The molecule has 0 fully saturated rings. The molecule has 2 N–H and O–H groups in total. The topological polar surface area (TPSA) is 78.4 Å². The van der Waals surface area contributed by atoms with Crippen LogP contribution in [0.1, 0.15) is 18.4 Å². The lowest BCUT2D eigenvalue weighted by molar-refractivity contribution is -0.384. The summed E-state index contributed by atoms with van der Waals surface area (Å²) >= 11 is 0. The highest BCUT2D eigenvalue weighted by molar-refractivity contribution is 5.79. The Kier molecular flexibility index (Phi) is 2.16. The summed E-state index contributed by atoms with van der Waals surface area (Å²) in [5, 5.41) is 10.7. The van der Waals surface area contributed by atoms with Crippen LogP contribution in [0.15, 0.2) is 24.3 Å². The summed E-state index contributed by atoms with van der Waals surface area (Å²) in [6.07, 6.45) is 3.75. The second-order valence-corrected chi connectivity index (χ2v) is 4.41. The first kappa shape index (κ1) is 10.3. The van der Waals surface area contributed by atoms with E-state index in [2.05, 4.69) is 0 Å². The van der Waals surface area contributed by atoms with E-state index >= 15 is 0 Å². The van der Waals surface area contributed by atoms with Crippen LogP contribution in [0.25, 0.3) is 5.57 Å². The number of non-ortho nitro benzene ring substituents is 1. The number of nitrogens with two attached hydrogens (primary N) is 1. The molecule has 0 bridgehead atoms. The first-order valence-corrected chi connectivity index (χ1v) is 5.58. The highest BCUT2D eigenvalue weighted by Crippen LogP contribution is 2.43. The van der Waals surface area contributed by atoms with Gasteiger partial charge in [0.1, 0.15) is 11.9 Å². The highest BCUT2D eigenvalue weighted by atomic mass is 16.6. The van der Waals surface area contributed by atoms with Crippen molar-refractivity contribution in [3.05, 3.63) is 40.0 Å². The lowest BCUT2D eigenvalue weighted by Gasteiger charge is -2.20. The predicted molar refractivity (Wildman–Crippen MR) is 62.7 cm³/mol. The zero-order valence-corrected chi connectivity index (χ0v) is 9.13. The molecule has 1 aliphatic carbocycles. The Bertz CT molecular complexity index is 524. The Morgan fingerprint density at radius 1 is 1.41 bits per heavy atom. The SMILES string of the molecule is NC1C=C2c3cc([N+](=O)[O-])ccc3OC2CC1. The summed E-state index contributed by atoms with van der Waals surface area (Å²) in [5.41, 5.74) is 7.79. The molecule has 0 radical (unpaired) electrons. The van der Waals surface area contributed by atoms with Gasteiger partial charge in [-0.05, 0) is 18.9 Å². The smallest absolute Gasteiger partial charge is 0.270 e. The maximum absolute atomic E-state index is 10.7. The molecule has 2 atom stereocenters. The summed E-state index contributed by atoms with van der Waals surface area (Å²) in [7, 11) is 0. The van der Waals surface area contributed by atoms with E-state index in [1.54, 1.807) is 12.1 Å². The Labute approximate surface area is 98.0 Å². The van der Waals surface area contributed by atoms with Crippen LogP contribution in [0.2, 0.25) is 0 Å². The molecular formula is C12H12N2O3. The van der Waals surface area contributed by atoms with Crippen LogP contribution >= 0.6 is 0 Å². The number of benzene rings is 1. The molecule has 0 spiro atoms. The lowest BCUT2D eigenvalue weighted by atomic mass is 9.90. The van der Waals surface area contributed by atoms with Gasteiger partial charge in [-0.1, -0.05) is 6.08 Å². The van der Waals surface area contributed by atoms with Crippen LogP contribution in [-0.2, 0) is 0 Å². The van der Waals surface area contributed by atoms with Crippen LogP contribution in [-0.4, -0.2) is 17.1 Å². The Hall–Kier alpha value is -1.88. The molecular weight excluding hydrogens is 220 g/mol. The fourth-order valence-corrected chi connectivity index (χ4v) is 2.42. The number of hydrogen-bond acceptors (Lipinski definition) is 4. The van der Waals surface area contributed by atoms with Gasteiger partial charge in [0.2, 0.25) is 0 Å². The molecule has 1 aliphatic heterocycles. The van der Waals surface area contributed by atoms with Gasteiger partial charge in [-0.2, -0.15) is 0 Å². The summed E-state index contributed by atoms with van der Waals surface area (Å²) in [5.74, 6) is 0.723. The van der Waals surface area contributed by atoms with Crippen LogP contribution in [0.5, 0.6) is 5.75 Å². The fraction of sp³-hybridized carbons (Fsp3) is 0.333. The van der Waals surface area contributed by atoms with Gasteiger partial charge < -0.3 is 10.5 Å². The van der Waals surface area contributed by atoms with Crippen molar-refractivity contribution in [2.24, 2.45) is 5.73 Å². The van der Waals surface area contributed by atoms with Gasteiger partial charge in [0.05, 0.1) is 4.92 Å². The van der Waals surface area contributed by atoms with Crippen molar-refractivity contribution >= 4 is 11.3 Å². The van der Waals surface area contributed by atoms with Gasteiger partial charge in [-0.3, -0.25) is 10.1 Å². The van der Waals surface area contributed by atoms with Crippen molar-refractivity contribution in [1.29, 1.82) is 0 Å². The molecule has 5 heteroatoms. The van der Waals surface area contributed by atoms with E-state index in [0.717, 1.165) is 29.7 Å². The molecule has 0 saturated heterocycles. The van der Waals surface area contributed by atoms with Crippen LogP contribution in [0.4, 0.5) is 5.69 Å². The normalized spacial score (nSPS) is 25.6. The number of fused-ring (bicyclic) bond motifs is 3. The van der Waals surface area contributed by atoms with Gasteiger partial charge in [-0.15, -0.1) is 0 Å². The molecule has 88 valence electrons. The minimum atomic E-state index is -0.392. The van der Waals surface area contributed by atoms with Crippen LogP contribution < -0.4 is 10.5 Å². The number of hydrogen-bond donors (Lipinski definition) is 1. The van der Waals surface area contributed by atoms with Crippen molar-refractivity contribution in [3.63, 3.8) is 0 Å². The third-order valence-corrected chi connectivity index (χ3v) is 3.26. The molecule has 1 aromatic rings. The number of nitrogens with zero attached hydrogens (tertiary/aromatic N) is 1. The van der Waals surface area contributed by atoms with E-state index in [9.17, 15) is 10.1 Å². The largest absolute Gasteiger partial charge is 0.485 e. The molecule has 1 aromatic carbocycles. The van der Waals surface area contributed by atoms with Crippen molar-refractivity contribution in [1.82, 2.24) is 0 Å². The minimum absolute atomic E-state index is 0.0202. The van der Waals surface area contributed by atoms with E-state index in [4.69, 9.17) is 10.5 Å². The minimum Gasteiger partial charge on any atom is -0.485 e. The van der Waals surface area contributed by atoms with Crippen molar-refractivity contribution in [3.8, 4) is 5.75 Å². The molecule has 0 saturated carbocycles. The third-order valence-electron chi connectivity index (χ3n) is 3.26. The van der Waals surface area contributed by atoms with Crippen LogP contribution in [0, 0.1) is 10.1 Å². The number of nitro groups is 1. The average molecular weight is 232 g/mol. The Morgan fingerprint density at radius 3 is 3.00 bits per heavy atom.